The van der Waals surface area contributed by atoms with Crippen molar-refractivity contribution in [3.63, 3.8) is 0 Å². The maximum absolute atomic E-state index is 7.49. The van der Waals surface area contributed by atoms with Gasteiger partial charge in [-0.1, -0.05) is 0 Å². The molecule has 234 valence electrons. The van der Waals surface area contributed by atoms with E-state index in [0.29, 0.717) is 7.35 Å². The Kier molecular flexibility index (Phi) is 11.7. The molecule has 2 aromatic carbocycles. The van der Waals surface area contributed by atoms with Gasteiger partial charge in [0, 0.05) is 0 Å². The van der Waals surface area contributed by atoms with Crippen molar-refractivity contribution < 1.29 is 56.6 Å². The second kappa shape index (κ2) is 13.6. The summed E-state index contributed by atoms with van der Waals surface area (Å²) in [7, 11) is -4.05. The number of allylic oxidation sites excluding steroid dienone is 4. The average Bonchev–Trinajstić information content (AvgIpc) is 3.35. The number of hydrogen-bond donors (Lipinski definition) is 0. The molecule has 7 heteroatoms. The molecule has 2 aliphatic carbocycles. The van der Waals surface area contributed by atoms with Gasteiger partial charge in [0.15, 0.2) is 0 Å². The maximum Gasteiger partial charge on any atom is -1.00 e. The molecule has 0 saturated carbocycles. The molecule has 2 aromatic rings. The van der Waals surface area contributed by atoms with Crippen LogP contribution in [0.3, 0.4) is 0 Å². The van der Waals surface area contributed by atoms with E-state index in [1.807, 2.05) is 0 Å². The van der Waals surface area contributed by atoms with Crippen molar-refractivity contribution in [2.24, 2.45) is 0 Å². The molecule has 0 saturated heterocycles. The van der Waals surface area contributed by atoms with Crippen molar-refractivity contribution in [3.8, 4) is 0 Å². The van der Waals surface area contributed by atoms with Gasteiger partial charge in [-0.05, 0) is 0 Å². The molecule has 1 heterocycles. The summed E-state index contributed by atoms with van der Waals surface area (Å²) in [5.41, 5.74) is 9.06. The largest absolute Gasteiger partial charge is 1.00 e. The van der Waals surface area contributed by atoms with Crippen molar-refractivity contribution in [3.05, 3.63) is 82.3 Å². The predicted octanol–water partition coefficient (Wildman–Crippen LogP) is 5.41. The van der Waals surface area contributed by atoms with E-state index in [4.69, 9.17) is 8.85 Å². The third-order valence-corrected chi connectivity index (χ3v) is 26.0. The van der Waals surface area contributed by atoms with Crippen LogP contribution in [0.1, 0.15) is 110 Å². The monoisotopic (exact) mass is 822 g/mol. The Morgan fingerprint density at radius 1 is 0.651 bits per heavy atom. The number of fused-ring (bicyclic) bond motifs is 8. The van der Waals surface area contributed by atoms with Gasteiger partial charge >= 0.3 is 266 Å². The Morgan fingerprint density at radius 2 is 1.00 bits per heavy atom. The van der Waals surface area contributed by atoms with Gasteiger partial charge in [-0.3, -0.25) is 0 Å². The SMILES string of the molecule is CCCC(C)(C)[Si](C)(C)OC1=C2CCC3=C(O[Si](C)(C)C(C)(C)CCC)[C@H]([Hf+2][C@H]1c1ccccc12)c1ccccc13.[Cl-].[Cl-]. The van der Waals surface area contributed by atoms with E-state index in [1.165, 1.54) is 59.5 Å². The van der Waals surface area contributed by atoms with E-state index >= 15 is 0 Å². The normalized spacial score (nSPS) is 19.5. The summed E-state index contributed by atoms with van der Waals surface area (Å²) < 4.78 is 15.9. The molecule has 0 amide bonds. The minimum Gasteiger partial charge on any atom is -1.00 e. The molecule has 2 nitrogen and oxygen atoms in total. The zero-order valence-electron chi connectivity index (χ0n) is 28.1. The molecule has 0 N–H and O–H groups in total. The number of benzene rings is 2. The van der Waals surface area contributed by atoms with E-state index in [-0.39, 0.29) is 34.9 Å². The topological polar surface area (TPSA) is 18.5 Å². The Balaban J connectivity index is 0.00000253. The summed E-state index contributed by atoms with van der Waals surface area (Å²) >= 11 is -1.44. The van der Waals surface area contributed by atoms with Crippen LogP contribution in [0.4, 0.5) is 0 Å². The molecule has 0 fully saturated rings. The van der Waals surface area contributed by atoms with E-state index in [2.05, 4.69) is 116 Å². The van der Waals surface area contributed by atoms with Crippen molar-refractivity contribution in [1.29, 1.82) is 0 Å². The van der Waals surface area contributed by atoms with Crippen molar-refractivity contribution >= 4 is 27.8 Å². The molecule has 0 spiro atoms. The summed E-state index contributed by atoms with van der Waals surface area (Å²) in [4.78, 5) is 0. The number of hydrogen-bond acceptors (Lipinski definition) is 2. The Bertz CT molecular complexity index is 1280. The van der Waals surface area contributed by atoms with E-state index in [9.17, 15) is 0 Å². The van der Waals surface area contributed by atoms with Gasteiger partial charge in [-0.25, -0.2) is 0 Å². The summed E-state index contributed by atoms with van der Waals surface area (Å²) in [6, 6.07) is 18.6. The number of rotatable bonds is 10. The van der Waals surface area contributed by atoms with Crippen molar-refractivity contribution in [2.75, 3.05) is 0 Å². The van der Waals surface area contributed by atoms with E-state index in [0.717, 1.165) is 12.8 Å². The first-order chi connectivity index (χ1) is 19.2. The maximum atomic E-state index is 7.49. The zero-order chi connectivity index (χ0) is 29.8. The average molecular weight is 822 g/mol. The first kappa shape index (κ1) is 36.9. The molecule has 1 aliphatic heterocycles. The van der Waals surface area contributed by atoms with Crippen molar-refractivity contribution in [2.45, 2.75) is 124 Å². The summed E-state index contributed by atoms with van der Waals surface area (Å²) in [5, 5.41) is 0.461. The molecule has 2 atom stereocenters. The summed E-state index contributed by atoms with van der Waals surface area (Å²) in [6.07, 6.45) is 6.94. The zero-order valence-corrected chi connectivity index (χ0v) is 35.2. The minimum absolute atomic E-state index is 0. The standard InChI is InChI=1S/C36H52O2Si2.2ClH.Hf/c1-11-23-35(3,4)39(7,8)37-33-25-27-17-13-15-19-29(27)31(33)21-22-32-30-20-16-14-18-28(30)26-34(32)38-40(9,10)36(5,6)24-12-2;;;/h13-20,25-26H,11-12,21-24H2,1-10H3;2*1H;/q;;;+2/p-2. The Morgan fingerprint density at radius 3 is 1.35 bits per heavy atom. The van der Waals surface area contributed by atoms with E-state index in [1.54, 1.807) is 11.1 Å². The molecule has 0 radical (unpaired) electrons. The summed E-state index contributed by atoms with van der Waals surface area (Å²) in [6.45, 7) is 24.4. The third kappa shape index (κ3) is 6.64. The fourth-order valence-electron chi connectivity index (χ4n) is 7.13. The molecular weight excluding hydrogens is 770 g/mol. The molecule has 4 bridgehead atoms. The Labute approximate surface area is 288 Å². The molecule has 3 aliphatic rings. The van der Waals surface area contributed by atoms with Crippen molar-refractivity contribution in [1.82, 2.24) is 0 Å². The van der Waals surface area contributed by atoms with Gasteiger partial charge in [0.2, 0.25) is 0 Å². The predicted molar refractivity (Wildman–Crippen MR) is 176 cm³/mol. The third-order valence-electron chi connectivity index (χ3n) is 11.0. The van der Waals surface area contributed by atoms with Gasteiger partial charge < -0.3 is 24.8 Å². The van der Waals surface area contributed by atoms with Crippen LogP contribution in [-0.4, -0.2) is 16.6 Å². The Hall–Kier alpha value is -0.596. The second-order valence-electron chi connectivity index (χ2n) is 14.9. The van der Waals surface area contributed by atoms with Gasteiger partial charge in [-0.2, -0.15) is 0 Å². The molecular formula is C36H52Cl2HfO2Si2. The van der Waals surface area contributed by atoms with Crippen LogP contribution in [0.25, 0.3) is 11.1 Å². The second-order valence-corrected chi connectivity index (χ2v) is 29.4. The van der Waals surface area contributed by atoms with Gasteiger partial charge in [0.25, 0.3) is 0 Å². The van der Waals surface area contributed by atoms with Crippen LogP contribution in [0.2, 0.25) is 36.3 Å². The molecule has 0 unspecified atom stereocenters. The molecule has 0 aromatic heterocycles. The fraction of sp³-hybridized carbons (Fsp3) is 0.556. The minimum atomic E-state index is -2.02. The quantitative estimate of drug-likeness (QED) is 0.299. The summed E-state index contributed by atoms with van der Waals surface area (Å²) in [5.74, 6) is 2.76. The van der Waals surface area contributed by atoms with Crippen LogP contribution < -0.4 is 24.8 Å². The first-order valence-corrected chi connectivity index (χ1v) is 26.0. The first-order valence-electron chi connectivity index (χ1n) is 16.0. The van der Waals surface area contributed by atoms with Crippen LogP contribution >= 0.6 is 0 Å². The fourth-order valence-corrected chi connectivity index (χ4v) is 18.9. The van der Waals surface area contributed by atoms with Gasteiger partial charge in [0.05, 0.1) is 0 Å². The molecule has 5 rings (SSSR count). The van der Waals surface area contributed by atoms with Crippen LogP contribution in [-0.2, 0) is 31.8 Å². The van der Waals surface area contributed by atoms with Gasteiger partial charge in [0.1, 0.15) is 0 Å². The van der Waals surface area contributed by atoms with Crippen LogP contribution in [0.5, 0.6) is 0 Å². The van der Waals surface area contributed by atoms with E-state index < -0.39 is 39.5 Å². The van der Waals surface area contributed by atoms with Crippen LogP contribution in [0.15, 0.2) is 60.0 Å². The molecule has 43 heavy (non-hydrogen) atoms. The van der Waals surface area contributed by atoms with Crippen LogP contribution in [0, 0.1) is 0 Å². The van der Waals surface area contributed by atoms with Gasteiger partial charge in [-0.15, -0.1) is 0 Å². The number of halogens is 2. The smallest absolute Gasteiger partial charge is 1.00 e.